The van der Waals surface area contributed by atoms with Crippen molar-refractivity contribution in [1.29, 1.82) is 0 Å². The largest absolute Gasteiger partial charge is 0.310 e. The van der Waals surface area contributed by atoms with Crippen LogP contribution in [0.4, 0.5) is 34.1 Å². The molecule has 1 heterocycles. The van der Waals surface area contributed by atoms with Gasteiger partial charge in [0, 0.05) is 50.3 Å². The molecule has 73 heavy (non-hydrogen) atoms. The van der Waals surface area contributed by atoms with Crippen LogP contribution in [0, 0.1) is 0 Å². The number of rotatable bonds is 11. The van der Waals surface area contributed by atoms with E-state index in [9.17, 15) is 0 Å². The maximum absolute atomic E-state index is 2.46. The topological polar surface area (TPSA) is 11.4 Å². The minimum absolute atomic E-state index is 1.07. The third-order valence-corrected chi connectivity index (χ3v) is 14.2. The third-order valence-electron chi connectivity index (χ3n) is 14.2. The molecule has 0 aliphatic rings. The van der Waals surface area contributed by atoms with Gasteiger partial charge in [-0.1, -0.05) is 206 Å². The fraction of sp³-hybridized carbons (Fsp3) is 0. The summed E-state index contributed by atoms with van der Waals surface area (Å²) in [5, 5.41) is 4.73. The SMILES string of the molecule is c1ccc(-c2ccc(N(c3ccc(-c4ccccc4)cc3)c3ccc4c(c3)c3cc(N(c5ccc(-c6ccccc6)cc5)c5ccc(-c6ccccc6)cc5)ccc3n4-c3cccc4ccccc34)cc2)cc1. The molecule has 0 amide bonds. The molecule has 0 atom stereocenters. The molecule has 13 aromatic rings. The van der Waals surface area contributed by atoms with Gasteiger partial charge in [0.25, 0.3) is 0 Å². The molecule has 12 aromatic carbocycles. The van der Waals surface area contributed by atoms with Crippen LogP contribution in [0.2, 0.25) is 0 Å². The Labute approximate surface area is 426 Å². The molecule has 3 nitrogen and oxygen atoms in total. The van der Waals surface area contributed by atoms with Crippen LogP contribution in [0.1, 0.15) is 0 Å². The third kappa shape index (κ3) is 8.29. The van der Waals surface area contributed by atoms with Crippen molar-refractivity contribution in [2.45, 2.75) is 0 Å². The first-order chi connectivity index (χ1) is 36.2. The average molecular weight is 932 g/mol. The summed E-state index contributed by atoms with van der Waals surface area (Å²) in [4.78, 5) is 4.78. The summed E-state index contributed by atoms with van der Waals surface area (Å²) in [5.74, 6) is 0. The highest BCUT2D eigenvalue weighted by Crippen LogP contribution is 2.45. The van der Waals surface area contributed by atoms with Crippen LogP contribution in [0.25, 0.3) is 82.8 Å². The molecule has 0 fully saturated rings. The summed E-state index contributed by atoms with van der Waals surface area (Å²) >= 11 is 0. The Morgan fingerprint density at radius 2 is 0.493 bits per heavy atom. The Bertz CT molecular complexity index is 3620. The molecule has 0 saturated heterocycles. The zero-order valence-electron chi connectivity index (χ0n) is 40.1. The van der Waals surface area contributed by atoms with E-state index in [-0.39, 0.29) is 0 Å². The van der Waals surface area contributed by atoms with Crippen LogP contribution < -0.4 is 9.80 Å². The van der Waals surface area contributed by atoms with Crippen LogP contribution in [0.3, 0.4) is 0 Å². The summed E-state index contributed by atoms with van der Waals surface area (Å²) in [6.07, 6.45) is 0. The molecular formula is C70H49N3. The first kappa shape index (κ1) is 43.3. The molecule has 1 aromatic heterocycles. The van der Waals surface area contributed by atoms with Gasteiger partial charge in [-0.25, -0.2) is 0 Å². The van der Waals surface area contributed by atoms with E-state index in [4.69, 9.17) is 0 Å². The van der Waals surface area contributed by atoms with Gasteiger partial charge in [-0.3, -0.25) is 0 Å². The van der Waals surface area contributed by atoms with Gasteiger partial charge in [-0.15, -0.1) is 0 Å². The first-order valence-corrected chi connectivity index (χ1v) is 25.0. The number of aromatic nitrogens is 1. The lowest BCUT2D eigenvalue weighted by molar-refractivity contribution is 1.19. The van der Waals surface area contributed by atoms with Gasteiger partial charge >= 0.3 is 0 Å². The van der Waals surface area contributed by atoms with Crippen molar-refractivity contribution in [3.8, 4) is 50.2 Å². The Balaban J connectivity index is 1.01. The monoisotopic (exact) mass is 931 g/mol. The number of fused-ring (bicyclic) bond motifs is 4. The van der Waals surface area contributed by atoms with Crippen molar-refractivity contribution in [1.82, 2.24) is 4.57 Å². The first-order valence-electron chi connectivity index (χ1n) is 25.0. The second-order valence-electron chi connectivity index (χ2n) is 18.6. The fourth-order valence-corrected chi connectivity index (χ4v) is 10.6. The quantitative estimate of drug-likeness (QED) is 0.128. The van der Waals surface area contributed by atoms with E-state index in [0.29, 0.717) is 0 Å². The predicted octanol–water partition coefficient (Wildman–Crippen LogP) is 19.5. The van der Waals surface area contributed by atoms with Crippen molar-refractivity contribution in [3.05, 3.63) is 297 Å². The Hall–Kier alpha value is -9.70. The molecule has 0 aliphatic heterocycles. The lowest BCUT2D eigenvalue weighted by Crippen LogP contribution is -2.10. The summed E-state index contributed by atoms with van der Waals surface area (Å²) < 4.78 is 2.46. The molecule has 0 N–H and O–H groups in total. The highest BCUT2D eigenvalue weighted by atomic mass is 15.1. The van der Waals surface area contributed by atoms with Gasteiger partial charge < -0.3 is 14.4 Å². The van der Waals surface area contributed by atoms with Gasteiger partial charge in [0.05, 0.1) is 16.7 Å². The highest BCUT2D eigenvalue weighted by molar-refractivity contribution is 6.13. The standard InChI is InChI=1S/C70H49N3/c1-5-16-50(17-6-1)54-28-36-59(37-29-54)71(60-38-30-55(31-39-60)51-18-7-2-8-19-51)63-44-46-69-66(48-63)67-49-64(45-47-70(67)73(69)68-27-15-25-58-24-13-14-26-65(58)68)72(61-40-32-56(33-41-61)52-20-9-3-10-21-52)62-42-34-57(35-43-62)53-22-11-4-12-23-53/h1-49H. The number of nitrogens with zero attached hydrogens (tertiary/aromatic N) is 3. The van der Waals surface area contributed by atoms with E-state index in [1.54, 1.807) is 0 Å². The molecule has 13 rings (SSSR count). The van der Waals surface area contributed by atoms with Crippen LogP contribution in [0.5, 0.6) is 0 Å². The number of hydrogen-bond donors (Lipinski definition) is 0. The molecule has 0 unspecified atom stereocenters. The number of anilines is 6. The highest BCUT2D eigenvalue weighted by Gasteiger charge is 2.21. The summed E-state index contributed by atoms with van der Waals surface area (Å²) in [6, 6.07) is 108. The van der Waals surface area contributed by atoms with E-state index in [1.165, 1.54) is 55.3 Å². The summed E-state index contributed by atoms with van der Waals surface area (Å²) in [6.45, 7) is 0. The molecule has 0 radical (unpaired) electrons. The van der Waals surface area contributed by atoms with E-state index >= 15 is 0 Å². The molecule has 0 saturated carbocycles. The van der Waals surface area contributed by atoms with Gasteiger partial charge in [-0.05, 0) is 141 Å². The van der Waals surface area contributed by atoms with Gasteiger partial charge in [-0.2, -0.15) is 0 Å². The van der Waals surface area contributed by atoms with E-state index < -0.39 is 0 Å². The van der Waals surface area contributed by atoms with Crippen LogP contribution in [-0.4, -0.2) is 4.57 Å². The van der Waals surface area contributed by atoms with E-state index in [0.717, 1.165) is 61.6 Å². The summed E-state index contributed by atoms with van der Waals surface area (Å²) in [5.41, 5.74) is 19.4. The molecule has 0 bridgehead atoms. The minimum atomic E-state index is 1.07. The fourth-order valence-electron chi connectivity index (χ4n) is 10.6. The number of hydrogen-bond acceptors (Lipinski definition) is 2. The van der Waals surface area contributed by atoms with Crippen molar-refractivity contribution in [2.75, 3.05) is 9.80 Å². The van der Waals surface area contributed by atoms with Gasteiger partial charge in [0.15, 0.2) is 0 Å². The predicted molar refractivity (Wildman–Crippen MR) is 309 cm³/mol. The average Bonchev–Trinajstić information content (AvgIpc) is 3.79. The molecule has 0 aliphatic carbocycles. The van der Waals surface area contributed by atoms with Crippen LogP contribution >= 0.6 is 0 Å². The zero-order valence-corrected chi connectivity index (χ0v) is 40.1. The lowest BCUT2D eigenvalue weighted by atomic mass is 10.0. The Morgan fingerprint density at radius 1 is 0.205 bits per heavy atom. The molecule has 3 heteroatoms. The van der Waals surface area contributed by atoms with Crippen LogP contribution in [-0.2, 0) is 0 Å². The molecular weight excluding hydrogens is 883 g/mol. The van der Waals surface area contributed by atoms with Crippen molar-refractivity contribution < 1.29 is 0 Å². The van der Waals surface area contributed by atoms with E-state index in [1.807, 2.05) is 0 Å². The van der Waals surface area contributed by atoms with Gasteiger partial charge in [0.2, 0.25) is 0 Å². The smallest absolute Gasteiger partial charge is 0.0542 e. The Morgan fingerprint density at radius 3 is 0.849 bits per heavy atom. The van der Waals surface area contributed by atoms with Crippen molar-refractivity contribution >= 4 is 66.7 Å². The lowest BCUT2D eigenvalue weighted by Gasteiger charge is -2.26. The maximum Gasteiger partial charge on any atom is 0.0542 e. The Kier molecular flexibility index (Phi) is 11.2. The van der Waals surface area contributed by atoms with Gasteiger partial charge in [0.1, 0.15) is 0 Å². The maximum atomic E-state index is 2.46. The second kappa shape index (κ2) is 18.9. The second-order valence-corrected chi connectivity index (χ2v) is 18.6. The van der Waals surface area contributed by atoms with Crippen LogP contribution in [0.15, 0.2) is 297 Å². The van der Waals surface area contributed by atoms with Crippen molar-refractivity contribution in [2.24, 2.45) is 0 Å². The van der Waals surface area contributed by atoms with Crippen molar-refractivity contribution in [3.63, 3.8) is 0 Å². The molecule has 344 valence electrons. The summed E-state index contributed by atoms with van der Waals surface area (Å²) in [7, 11) is 0. The van der Waals surface area contributed by atoms with E-state index in [2.05, 4.69) is 312 Å². The molecule has 0 spiro atoms. The minimum Gasteiger partial charge on any atom is -0.310 e. The number of benzene rings is 12. The normalized spacial score (nSPS) is 11.3. The zero-order chi connectivity index (χ0) is 48.5.